The first-order chi connectivity index (χ1) is 13.6. The van der Waals surface area contributed by atoms with Gasteiger partial charge in [-0.15, -0.1) is 0 Å². The fraction of sp³-hybridized carbons (Fsp3) is 0.364. The second-order valence-electron chi connectivity index (χ2n) is 7.08. The van der Waals surface area contributed by atoms with Crippen LogP contribution >= 0.6 is 0 Å². The summed E-state index contributed by atoms with van der Waals surface area (Å²) in [5.41, 5.74) is 1.85. The molecule has 28 heavy (non-hydrogen) atoms. The normalized spacial score (nSPS) is 14.4. The lowest BCUT2D eigenvalue weighted by molar-refractivity contribution is -0.134. The molecule has 0 radical (unpaired) electrons. The van der Waals surface area contributed by atoms with Gasteiger partial charge in [0.1, 0.15) is 5.75 Å². The molecule has 6 heteroatoms. The largest absolute Gasteiger partial charge is 0.484 e. The van der Waals surface area contributed by atoms with Crippen molar-refractivity contribution in [3.8, 4) is 5.75 Å². The van der Waals surface area contributed by atoms with Gasteiger partial charge in [0.2, 0.25) is 0 Å². The van der Waals surface area contributed by atoms with E-state index in [9.17, 15) is 9.59 Å². The molecule has 1 aliphatic rings. The molecule has 0 atom stereocenters. The molecule has 1 heterocycles. The maximum absolute atomic E-state index is 12.3. The fourth-order valence-electron chi connectivity index (χ4n) is 3.26. The molecule has 3 amide bonds. The first-order valence-electron chi connectivity index (χ1n) is 9.68. The molecule has 3 rings (SSSR count). The minimum atomic E-state index is -0.191. The lowest BCUT2D eigenvalue weighted by atomic mass is 9.97. The molecule has 0 bridgehead atoms. The van der Waals surface area contributed by atoms with E-state index in [1.54, 1.807) is 0 Å². The number of nitrogens with one attached hydrogen (secondary N) is 2. The summed E-state index contributed by atoms with van der Waals surface area (Å²) in [5.74, 6) is 1.09. The predicted octanol–water partition coefficient (Wildman–Crippen LogP) is 3.43. The third-order valence-electron chi connectivity index (χ3n) is 5.02. The zero-order valence-electron chi connectivity index (χ0n) is 16.2. The van der Waals surface area contributed by atoms with Crippen molar-refractivity contribution in [3.63, 3.8) is 0 Å². The van der Waals surface area contributed by atoms with Gasteiger partial charge in [-0.05, 0) is 49.4 Å². The van der Waals surface area contributed by atoms with E-state index in [4.69, 9.17) is 4.74 Å². The molecule has 0 unspecified atom stereocenters. The van der Waals surface area contributed by atoms with E-state index >= 15 is 0 Å². The zero-order valence-corrected chi connectivity index (χ0v) is 16.2. The molecule has 1 fully saturated rings. The van der Waals surface area contributed by atoms with Crippen LogP contribution in [0.4, 0.5) is 10.5 Å². The van der Waals surface area contributed by atoms with E-state index in [1.165, 1.54) is 0 Å². The van der Waals surface area contributed by atoms with Crippen molar-refractivity contribution in [2.45, 2.75) is 19.8 Å². The molecule has 2 N–H and O–H groups in total. The summed E-state index contributed by atoms with van der Waals surface area (Å²) in [6.45, 7) is 4.03. The third kappa shape index (κ3) is 5.74. The van der Waals surface area contributed by atoms with Crippen LogP contribution in [-0.4, -0.2) is 43.1 Å². The van der Waals surface area contributed by atoms with Gasteiger partial charge in [0.25, 0.3) is 5.91 Å². The zero-order chi connectivity index (χ0) is 19.8. The van der Waals surface area contributed by atoms with Gasteiger partial charge in [-0.25, -0.2) is 4.79 Å². The summed E-state index contributed by atoms with van der Waals surface area (Å²) in [6, 6.07) is 16.9. The summed E-state index contributed by atoms with van der Waals surface area (Å²) in [5, 5.41) is 5.82. The first kappa shape index (κ1) is 19.7. The molecule has 1 saturated heterocycles. The SMILES string of the molecule is Cc1ccccc1NC(=O)NCC1CCN(C(=O)COc2ccccc2)CC1. The Morgan fingerprint density at radius 3 is 2.43 bits per heavy atom. The fourth-order valence-corrected chi connectivity index (χ4v) is 3.26. The van der Waals surface area contributed by atoms with Crippen molar-refractivity contribution in [1.29, 1.82) is 0 Å². The Morgan fingerprint density at radius 2 is 1.71 bits per heavy atom. The lowest BCUT2D eigenvalue weighted by Crippen LogP contribution is -2.43. The van der Waals surface area contributed by atoms with Crippen LogP contribution in [0, 0.1) is 12.8 Å². The minimum Gasteiger partial charge on any atom is -0.484 e. The number of carbonyl (C=O) groups is 2. The van der Waals surface area contributed by atoms with Crippen LogP contribution in [0.2, 0.25) is 0 Å². The van der Waals surface area contributed by atoms with Crippen molar-refractivity contribution in [1.82, 2.24) is 10.2 Å². The van der Waals surface area contributed by atoms with Gasteiger partial charge in [-0.1, -0.05) is 36.4 Å². The smallest absolute Gasteiger partial charge is 0.319 e. The second-order valence-corrected chi connectivity index (χ2v) is 7.08. The Morgan fingerprint density at radius 1 is 1.04 bits per heavy atom. The average molecular weight is 381 g/mol. The highest BCUT2D eigenvalue weighted by molar-refractivity contribution is 5.90. The van der Waals surface area contributed by atoms with Crippen LogP contribution in [0.5, 0.6) is 5.75 Å². The first-order valence-corrected chi connectivity index (χ1v) is 9.68. The number of aryl methyl sites for hydroxylation is 1. The van der Waals surface area contributed by atoms with E-state index in [0.29, 0.717) is 31.3 Å². The van der Waals surface area contributed by atoms with E-state index in [-0.39, 0.29) is 18.5 Å². The maximum atomic E-state index is 12.3. The van der Waals surface area contributed by atoms with Crippen LogP contribution in [-0.2, 0) is 4.79 Å². The molecule has 2 aromatic carbocycles. The molecule has 1 aliphatic heterocycles. The van der Waals surface area contributed by atoms with Crippen LogP contribution in [0.25, 0.3) is 0 Å². The van der Waals surface area contributed by atoms with E-state index in [0.717, 1.165) is 24.1 Å². The van der Waals surface area contributed by atoms with Gasteiger partial charge in [0, 0.05) is 25.3 Å². The molecular formula is C22H27N3O3. The Balaban J connectivity index is 1.35. The van der Waals surface area contributed by atoms with Gasteiger partial charge in [-0.2, -0.15) is 0 Å². The number of rotatable bonds is 6. The quantitative estimate of drug-likeness (QED) is 0.805. The van der Waals surface area contributed by atoms with Crippen molar-refractivity contribution >= 4 is 17.6 Å². The molecule has 148 valence electrons. The number of urea groups is 1. The number of anilines is 1. The maximum Gasteiger partial charge on any atom is 0.319 e. The van der Waals surface area contributed by atoms with E-state index < -0.39 is 0 Å². The molecular weight excluding hydrogens is 354 g/mol. The molecule has 0 spiro atoms. The van der Waals surface area contributed by atoms with Gasteiger partial charge < -0.3 is 20.3 Å². The van der Waals surface area contributed by atoms with E-state index in [2.05, 4.69) is 10.6 Å². The average Bonchev–Trinajstić information content (AvgIpc) is 2.73. The number of piperidine rings is 1. The van der Waals surface area contributed by atoms with Crippen molar-refractivity contribution < 1.29 is 14.3 Å². The number of para-hydroxylation sites is 2. The van der Waals surface area contributed by atoms with Crippen LogP contribution in [0.15, 0.2) is 54.6 Å². The summed E-state index contributed by atoms with van der Waals surface area (Å²) in [7, 11) is 0. The topological polar surface area (TPSA) is 70.7 Å². The van der Waals surface area contributed by atoms with Crippen molar-refractivity contribution in [3.05, 3.63) is 60.2 Å². The Bertz CT molecular complexity index is 787. The van der Waals surface area contributed by atoms with Crippen LogP contribution < -0.4 is 15.4 Å². The van der Waals surface area contributed by atoms with Crippen LogP contribution in [0.1, 0.15) is 18.4 Å². The highest BCUT2D eigenvalue weighted by Gasteiger charge is 2.23. The summed E-state index contributed by atoms with van der Waals surface area (Å²) in [6.07, 6.45) is 1.75. The number of hydrogen-bond donors (Lipinski definition) is 2. The van der Waals surface area contributed by atoms with Crippen LogP contribution in [0.3, 0.4) is 0 Å². The monoisotopic (exact) mass is 381 g/mol. The molecule has 0 aromatic heterocycles. The Hall–Kier alpha value is -3.02. The van der Waals surface area contributed by atoms with Crippen molar-refractivity contribution in [2.24, 2.45) is 5.92 Å². The lowest BCUT2D eigenvalue weighted by Gasteiger charge is -2.32. The number of benzene rings is 2. The van der Waals surface area contributed by atoms with Gasteiger partial charge in [0.15, 0.2) is 6.61 Å². The molecule has 0 saturated carbocycles. The predicted molar refractivity (Wildman–Crippen MR) is 109 cm³/mol. The minimum absolute atomic E-state index is 0.00700. The standard InChI is InChI=1S/C22H27N3O3/c1-17-7-5-6-10-20(17)24-22(27)23-15-18-11-13-25(14-12-18)21(26)16-28-19-8-3-2-4-9-19/h2-10,18H,11-16H2,1H3,(H2,23,24,27). The number of nitrogens with zero attached hydrogens (tertiary/aromatic N) is 1. The van der Waals surface area contributed by atoms with Crippen molar-refractivity contribution in [2.75, 3.05) is 31.6 Å². The summed E-state index contributed by atoms with van der Waals surface area (Å²) >= 11 is 0. The number of likely N-dealkylation sites (tertiary alicyclic amines) is 1. The molecule has 0 aliphatic carbocycles. The number of hydrogen-bond acceptors (Lipinski definition) is 3. The summed E-state index contributed by atoms with van der Waals surface area (Å²) in [4.78, 5) is 26.2. The number of carbonyl (C=O) groups excluding carboxylic acids is 2. The number of amides is 3. The molecule has 2 aromatic rings. The molecule has 6 nitrogen and oxygen atoms in total. The summed E-state index contributed by atoms with van der Waals surface area (Å²) < 4.78 is 5.54. The highest BCUT2D eigenvalue weighted by Crippen LogP contribution is 2.17. The second kappa shape index (κ2) is 9.78. The van der Waals surface area contributed by atoms with Gasteiger partial charge in [0.05, 0.1) is 0 Å². The van der Waals surface area contributed by atoms with E-state index in [1.807, 2.05) is 66.4 Å². The van der Waals surface area contributed by atoms with Gasteiger partial charge >= 0.3 is 6.03 Å². The highest BCUT2D eigenvalue weighted by atomic mass is 16.5. The Labute approximate surface area is 165 Å². The third-order valence-corrected chi connectivity index (χ3v) is 5.02. The Kier molecular flexibility index (Phi) is 6.89. The number of ether oxygens (including phenoxy) is 1. The van der Waals surface area contributed by atoms with Gasteiger partial charge in [-0.3, -0.25) is 4.79 Å².